The summed E-state index contributed by atoms with van der Waals surface area (Å²) in [7, 11) is 0. The van der Waals surface area contributed by atoms with E-state index >= 15 is 0 Å². The SMILES string of the molecule is O=C1CCC(N2C(=O)c3ccc(CNC(=O)C4Cc5ccccc5S4)cc3C2=O)C(=O)N1. The zero-order valence-corrected chi connectivity index (χ0v) is 17.7. The van der Waals surface area contributed by atoms with Crippen molar-refractivity contribution in [2.45, 2.75) is 42.0 Å². The van der Waals surface area contributed by atoms with E-state index in [4.69, 9.17) is 0 Å². The maximum absolute atomic E-state index is 12.9. The van der Waals surface area contributed by atoms with E-state index < -0.39 is 29.7 Å². The van der Waals surface area contributed by atoms with Crippen molar-refractivity contribution < 1.29 is 24.0 Å². The van der Waals surface area contributed by atoms with Gasteiger partial charge in [-0.1, -0.05) is 24.3 Å². The Labute approximate surface area is 187 Å². The molecule has 2 aromatic rings. The van der Waals surface area contributed by atoms with Gasteiger partial charge in [-0.2, -0.15) is 0 Å². The van der Waals surface area contributed by atoms with Crippen molar-refractivity contribution in [3.63, 3.8) is 0 Å². The van der Waals surface area contributed by atoms with Gasteiger partial charge in [0.2, 0.25) is 17.7 Å². The lowest BCUT2D eigenvalue weighted by Gasteiger charge is -2.27. The van der Waals surface area contributed by atoms with Gasteiger partial charge in [0.25, 0.3) is 11.8 Å². The summed E-state index contributed by atoms with van der Waals surface area (Å²) in [5, 5.41) is 4.89. The van der Waals surface area contributed by atoms with Crippen molar-refractivity contribution in [1.29, 1.82) is 0 Å². The number of amides is 5. The molecule has 0 aliphatic carbocycles. The number of benzene rings is 2. The molecule has 1 saturated heterocycles. The van der Waals surface area contributed by atoms with E-state index in [1.165, 1.54) is 11.8 Å². The minimum atomic E-state index is -0.996. The number of nitrogens with zero attached hydrogens (tertiary/aromatic N) is 1. The van der Waals surface area contributed by atoms with Crippen LogP contribution in [-0.2, 0) is 27.3 Å². The molecular weight excluding hydrogens is 430 g/mol. The highest BCUT2D eigenvalue weighted by Gasteiger charge is 2.44. The second kappa shape index (κ2) is 7.90. The zero-order chi connectivity index (χ0) is 22.4. The molecule has 2 N–H and O–H groups in total. The van der Waals surface area contributed by atoms with E-state index in [0.29, 0.717) is 12.0 Å². The fourth-order valence-electron chi connectivity index (χ4n) is 4.26. The molecule has 162 valence electrons. The molecule has 2 atom stereocenters. The molecule has 9 heteroatoms. The van der Waals surface area contributed by atoms with E-state index in [9.17, 15) is 24.0 Å². The Morgan fingerprint density at radius 3 is 2.62 bits per heavy atom. The Balaban J connectivity index is 1.26. The summed E-state index contributed by atoms with van der Waals surface area (Å²) in [5.41, 5.74) is 2.27. The molecule has 0 spiro atoms. The van der Waals surface area contributed by atoms with Crippen LogP contribution in [0.25, 0.3) is 0 Å². The van der Waals surface area contributed by atoms with Gasteiger partial charge in [0, 0.05) is 17.9 Å². The van der Waals surface area contributed by atoms with Crippen LogP contribution in [-0.4, -0.2) is 45.7 Å². The number of carbonyl (C=O) groups is 5. The van der Waals surface area contributed by atoms with Gasteiger partial charge in [-0.3, -0.25) is 34.2 Å². The van der Waals surface area contributed by atoms with Crippen molar-refractivity contribution >= 4 is 41.3 Å². The third-order valence-corrected chi connectivity index (χ3v) is 7.23. The molecule has 0 radical (unpaired) electrons. The molecule has 0 aromatic heterocycles. The van der Waals surface area contributed by atoms with Crippen molar-refractivity contribution in [3.8, 4) is 0 Å². The quantitative estimate of drug-likeness (QED) is 0.683. The molecule has 3 aliphatic rings. The minimum absolute atomic E-state index is 0.0736. The Hall–Kier alpha value is -3.46. The Bertz CT molecular complexity index is 1170. The second-order valence-electron chi connectivity index (χ2n) is 7.96. The first-order valence-corrected chi connectivity index (χ1v) is 11.2. The molecule has 0 saturated carbocycles. The minimum Gasteiger partial charge on any atom is -0.351 e. The Kier molecular flexibility index (Phi) is 5.05. The zero-order valence-electron chi connectivity index (χ0n) is 16.9. The largest absolute Gasteiger partial charge is 0.351 e. The van der Waals surface area contributed by atoms with Gasteiger partial charge in [0.15, 0.2) is 0 Å². The van der Waals surface area contributed by atoms with Crippen LogP contribution in [0.4, 0.5) is 0 Å². The summed E-state index contributed by atoms with van der Waals surface area (Å²) in [6, 6.07) is 11.8. The van der Waals surface area contributed by atoms with Gasteiger partial charge in [-0.25, -0.2) is 0 Å². The topological polar surface area (TPSA) is 113 Å². The van der Waals surface area contributed by atoms with Gasteiger partial charge >= 0.3 is 0 Å². The number of rotatable bonds is 4. The average molecular weight is 449 g/mol. The molecule has 0 bridgehead atoms. The third-order valence-electron chi connectivity index (χ3n) is 5.91. The molecule has 3 heterocycles. The van der Waals surface area contributed by atoms with Crippen LogP contribution < -0.4 is 10.6 Å². The van der Waals surface area contributed by atoms with E-state index in [2.05, 4.69) is 10.6 Å². The smallest absolute Gasteiger partial charge is 0.262 e. The second-order valence-corrected chi connectivity index (χ2v) is 9.21. The highest BCUT2D eigenvalue weighted by Crippen LogP contribution is 2.36. The number of piperidine rings is 1. The average Bonchev–Trinajstić information content (AvgIpc) is 3.32. The molecule has 3 aliphatic heterocycles. The summed E-state index contributed by atoms with van der Waals surface area (Å²) >= 11 is 1.54. The van der Waals surface area contributed by atoms with Crippen LogP contribution in [0.3, 0.4) is 0 Å². The van der Waals surface area contributed by atoms with Gasteiger partial charge in [0.05, 0.1) is 16.4 Å². The Morgan fingerprint density at radius 2 is 1.84 bits per heavy atom. The molecule has 5 rings (SSSR count). The van der Waals surface area contributed by atoms with E-state index in [1.807, 2.05) is 24.3 Å². The van der Waals surface area contributed by atoms with Crippen LogP contribution in [0, 0.1) is 0 Å². The number of carbonyl (C=O) groups excluding carboxylic acids is 5. The van der Waals surface area contributed by atoms with Crippen LogP contribution in [0.2, 0.25) is 0 Å². The van der Waals surface area contributed by atoms with Crippen molar-refractivity contribution in [2.75, 3.05) is 0 Å². The highest BCUT2D eigenvalue weighted by atomic mass is 32.2. The van der Waals surface area contributed by atoms with Crippen LogP contribution >= 0.6 is 11.8 Å². The van der Waals surface area contributed by atoms with Gasteiger partial charge < -0.3 is 5.32 Å². The monoisotopic (exact) mass is 449 g/mol. The number of hydrogen-bond donors (Lipinski definition) is 2. The van der Waals surface area contributed by atoms with Crippen LogP contribution in [0.15, 0.2) is 47.4 Å². The third kappa shape index (κ3) is 3.48. The van der Waals surface area contributed by atoms with Gasteiger partial charge in [-0.15, -0.1) is 11.8 Å². The van der Waals surface area contributed by atoms with Gasteiger partial charge in [0.1, 0.15) is 6.04 Å². The predicted molar refractivity (Wildman–Crippen MR) is 115 cm³/mol. The first-order chi connectivity index (χ1) is 15.4. The van der Waals surface area contributed by atoms with E-state index in [-0.39, 0.29) is 41.7 Å². The predicted octanol–water partition coefficient (Wildman–Crippen LogP) is 1.42. The summed E-state index contributed by atoms with van der Waals surface area (Å²) in [6.07, 6.45) is 0.857. The Morgan fingerprint density at radius 1 is 1.06 bits per heavy atom. The van der Waals surface area contributed by atoms with Crippen LogP contribution in [0.1, 0.15) is 44.7 Å². The number of imide groups is 2. The summed E-state index contributed by atoms with van der Waals surface area (Å²) in [4.78, 5) is 63.9. The fraction of sp³-hybridized carbons (Fsp3) is 0.261. The normalized spacial score (nSPS) is 21.9. The molecule has 2 unspecified atom stereocenters. The molecule has 5 amide bonds. The highest BCUT2D eigenvalue weighted by molar-refractivity contribution is 8.01. The lowest BCUT2D eigenvalue weighted by molar-refractivity contribution is -0.136. The molecule has 1 fully saturated rings. The number of thioether (sulfide) groups is 1. The standard InChI is InChI=1S/C23H19N3O5S/c27-19-8-7-16(20(28)25-19)26-22(30)14-6-5-12(9-15(14)23(26)31)11-24-21(29)18-10-13-3-1-2-4-17(13)32-18/h1-6,9,16,18H,7-8,10-11H2,(H,24,29)(H,25,27,28). The molecule has 2 aromatic carbocycles. The van der Waals surface area contributed by atoms with E-state index in [1.54, 1.807) is 18.2 Å². The fourth-order valence-corrected chi connectivity index (χ4v) is 5.48. The van der Waals surface area contributed by atoms with Gasteiger partial charge in [-0.05, 0) is 42.2 Å². The van der Waals surface area contributed by atoms with Crippen LogP contribution in [0.5, 0.6) is 0 Å². The maximum atomic E-state index is 12.9. The first kappa shape index (κ1) is 20.4. The number of nitrogens with one attached hydrogen (secondary N) is 2. The molecular formula is C23H19N3O5S. The first-order valence-electron chi connectivity index (χ1n) is 10.3. The summed E-state index contributed by atoms with van der Waals surface area (Å²) in [5.74, 6) is -2.24. The maximum Gasteiger partial charge on any atom is 0.262 e. The van der Waals surface area contributed by atoms with E-state index in [0.717, 1.165) is 15.4 Å². The summed E-state index contributed by atoms with van der Waals surface area (Å²) in [6.45, 7) is 0.222. The lowest BCUT2D eigenvalue weighted by atomic mass is 10.0. The number of hydrogen-bond acceptors (Lipinski definition) is 6. The van der Waals surface area contributed by atoms with Crippen molar-refractivity contribution in [3.05, 3.63) is 64.7 Å². The molecule has 32 heavy (non-hydrogen) atoms. The summed E-state index contributed by atoms with van der Waals surface area (Å²) < 4.78 is 0. The molecule has 8 nitrogen and oxygen atoms in total. The lowest BCUT2D eigenvalue weighted by Crippen LogP contribution is -2.54. The number of fused-ring (bicyclic) bond motifs is 2. The van der Waals surface area contributed by atoms with Crippen molar-refractivity contribution in [1.82, 2.24) is 15.5 Å². The van der Waals surface area contributed by atoms with Crippen molar-refractivity contribution in [2.24, 2.45) is 0 Å².